The van der Waals surface area contributed by atoms with Gasteiger partial charge in [0.2, 0.25) is 23.6 Å². The average molecular weight is 1160 g/mol. The Hall–Kier alpha value is -1.04. The lowest BCUT2D eigenvalue weighted by molar-refractivity contribution is -0.326. The summed E-state index contributed by atoms with van der Waals surface area (Å²) in [4.78, 5) is 52.7. The van der Waals surface area contributed by atoms with Crippen LogP contribution in [0.2, 0.25) is 137 Å². The average Bonchev–Trinajstić information content (AvgIpc) is 3.13. The monoisotopic (exact) mass is 1160 g/mol. The summed E-state index contributed by atoms with van der Waals surface area (Å²) in [6.07, 6.45) is -10.4. The zero-order chi connectivity index (χ0) is 56.2. The zero-order valence-electron chi connectivity index (χ0n) is 49.4. The van der Waals surface area contributed by atoms with Gasteiger partial charge in [-0.2, -0.15) is 0 Å². The quantitative estimate of drug-likeness (QED) is 0.0766. The van der Waals surface area contributed by atoms with Crippen LogP contribution in [0, 0.1) is 0 Å². The van der Waals surface area contributed by atoms with Gasteiger partial charge >= 0.3 is 0 Å². The minimum absolute atomic E-state index is 0.0957. The van der Waals surface area contributed by atoms with E-state index in [2.05, 4.69) is 139 Å². The fourth-order valence-electron chi connectivity index (χ4n) is 9.19. The first-order valence-electron chi connectivity index (χ1n) is 26.2. The number of hydrogen-bond acceptors (Lipinski definition) is 15. The molecule has 15 atom stereocenters. The maximum Gasteiger partial charge on any atom is 0.217 e. The molecule has 73 heavy (non-hydrogen) atoms. The fraction of sp³-hybridized carbons (Fsp3) is 0.915. The van der Waals surface area contributed by atoms with Crippen LogP contribution >= 0.6 is 0 Å². The van der Waals surface area contributed by atoms with Crippen molar-refractivity contribution in [1.82, 2.24) is 21.3 Å². The Bertz CT molecular complexity index is 1830. The molecule has 26 heteroatoms. The number of nitrogens with one attached hydrogen (secondary N) is 4. The van der Waals surface area contributed by atoms with Crippen molar-refractivity contribution < 1.29 is 69.1 Å². The normalized spacial score (nSPS) is 32.2. The van der Waals surface area contributed by atoms with Crippen LogP contribution in [0.25, 0.3) is 0 Å². The van der Waals surface area contributed by atoms with Crippen LogP contribution in [-0.4, -0.2) is 187 Å². The van der Waals surface area contributed by atoms with Crippen molar-refractivity contribution in [2.45, 2.75) is 263 Å². The van der Waals surface area contributed by atoms with Gasteiger partial charge in [0.05, 0.1) is 30.8 Å². The predicted molar refractivity (Wildman–Crippen MR) is 302 cm³/mol. The lowest BCUT2D eigenvalue weighted by atomic mass is 9.83. The van der Waals surface area contributed by atoms with Gasteiger partial charge in [0.25, 0.3) is 0 Å². The molecule has 19 nitrogen and oxygen atoms in total. The molecule has 0 spiro atoms. The summed E-state index contributed by atoms with van der Waals surface area (Å²) in [6.45, 7) is 49.8. The number of rotatable bonds is 24. The van der Waals surface area contributed by atoms with Gasteiger partial charge in [0.1, 0.15) is 54.9 Å². The van der Waals surface area contributed by atoms with Gasteiger partial charge in [-0.3, -0.25) is 19.2 Å². The van der Waals surface area contributed by atoms with E-state index in [1.54, 1.807) is 0 Å². The van der Waals surface area contributed by atoms with Crippen LogP contribution in [0.4, 0.5) is 0 Å². The van der Waals surface area contributed by atoms with Crippen LogP contribution in [0.1, 0.15) is 34.1 Å². The molecular formula is C47H100N4O15Si7. The summed E-state index contributed by atoms with van der Waals surface area (Å²) < 4.78 is 78.1. The Morgan fingerprint density at radius 1 is 0.397 bits per heavy atom. The number of hydrogen-bond donors (Lipinski definition) is 4. The molecule has 3 aliphatic rings. The summed E-state index contributed by atoms with van der Waals surface area (Å²) in [5.74, 6) is -1.17. The molecule has 4 amide bonds. The first-order chi connectivity index (χ1) is 32.8. The topological polar surface area (TPSA) is 218 Å². The molecule has 3 rings (SSSR count). The number of amides is 4. The molecule has 2 heterocycles. The van der Waals surface area contributed by atoms with E-state index >= 15 is 0 Å². The van der Waals surface area contributed by atoms with Gasteiger partial charge in [-0.05, 0) is 144 Å². The molecule has 0 bridgehead atoms. The number of carbonyl (C=O) groups is 4. The van der Waals surface area contributed by atoms with E-state index in [1.807, 2.05) is 19.6 Å². The fourth-order valence-corrected chi connectivity index (χ4v) is 16.4. The molecule has 2 saturated heterocycles. The molecule has 1 aliphatic carbocycles. The Morgan fingerprint density at radius 2 is 0.740 bits per heavy atom. The van der Waals surface area contributed by atoms with E-state index in [9.17, 15) is 19.2 Å². The predicted octanol–water partition coefficient (Wildman–Crippen LogP) is 6.43. The van der Waals surface area contributed by atoms with Gasteiger partial charge < -0.3 is 71.2 Å². The van der Waals surface area contributed by atoms with Crippen LogP contribution in [0.15, 0.2) is 0 Å². The zero-order valence-corrected chi connectivity index (χ0v) is 56.4. The first kappa shape index (κ1) is 66.2. The third-order valence-electron chi connectivity index (χ3n) is 11.1. The van der Waals surface area contributed by atoms with Crippen molar-refractivity contribution in [3.8, 4) is 0 Å². The summed E-state index contributed by atoms with van der Waals surface area (Å²) in [5.41, 5.74) is 0. The Balaban J connectivity index is 2.44. The molecular weight excluding hydrogens is 1060 g/mol. The van der Waals surface area contributed by atoms with E-state index in [0.717, 1.165) is 0 Å². The molecule has 1 saturated carbocycles. The summed E-state index contributed by atoms with van der Waals surface area (Å²) >= 11 is 0. The van der Waals surface area contributed by atoms with E-state index in [-0.39, 0.29) is 43.2 Å². The Morgan fingerprint density at radius 3 is 1.12 bits per heavy atom. The van der Waals surface area contributed by atoms with Crippen LogP contribution in [-0.2, 0) is 69.1 Å². The molecule has 4 N–H and O–H groups in total. The maximum atomic E-state index is 13.4. The number of ether oxygens (including phenoxy) is 4. The molecule has 0 aromatic carbocycles. The van der Waals surface area contributed by atoms with Crippen LogP contribution < -0.4 is 21.3 Å². The second-order valence-corrected chi connectivity index (χ2v) is 58.2. The van der Waals surface area contributed by atoms with E-state index in [0.29, 0.717) is 0 Å². The van der Waals surface area contributed by atoms with E-state index in [4.69, 9.17) is 49.9 Å². The van der Waals surface area contributed by atoms with E-state index in [1.165, 1.54) is 27.7 Å². The third kappa shape index (κ3) is 23.4. The molecule has 0 aromatic heterocycles. The molecule has 0 aromatic rings. The smallest absolute Gasteiger partial charge is 0.217 e. The van der Waals surface area contributed by atoms with Crippen molar-refractivity contribution in [1.29, 1.82) is 0 Å². The minimum atomic E-state index is -2.64. The second-order valence-electron chi connectivity index (χ2n) is 26.9. The summed E-state index contributed by atoms with van der Waals surface area (Å²) in [7, 11) is -16.7. The standard InChI is InChI=1S/C47H100N4O15Si7/c1-29(52)48-27-35-41(62-69(11,12)13)44(65-72(20,21)22)45(66-73(23,24)25)47(57-35)60-39-34(50-31(3)54)26-33(49-30(2)53)38(43(39)64-71(17,18)19)59-46-42(63-70(14,15)16)37(51-32(4)55)40(61-68(8,9)10)36(58-46)28-56-67(5,6)7/h33-47H,26-28H2,1-25H3,(H,48,52)(H,49,53)(H,50,54)(H,51,55)/t33-,34+,35-,36-,37+,38+,39-,40-,41-,42-,43-,44+,45-,46-,47-/m1/s1. The molecule has 0 unspecified atom stereocenters. The number of carbonyl (C=O) groups excluding carboxylic acids is 4. The van der Waals surface area contributed by atoms with Crippen molar-refractivity contribution >= 4 is 81.9 Å². The van der Waals surface area contributed by atoms with Crippen molar-refractivity contribution in [2.75, 3.05) is 13.2 Å². The lowest BCUT2D eigenvalue weighted by Gasteiger charge is -2.55. The van der Waals surface area contributed by atoms with Gasteiger partial charge in [-0.1, -0.05) is 0 Å². The van der Waals surface area contributed by atoms with Gasteiger partial charge in [-0.25, -0.2) is 0 Å². The molecule has 0 radical (unpaired) electrons. The highest BCUT2D eigenvalue weighted by molar-refractivity contribution is 6.72. The van der Waals surface area contributed by atoms with Crippen LogP contribution in [0.3, 0.4) is 0 Å². The highest BCUT2D eigenvalue weighted by Gasteiger charge is 2.58. The summed E-state index contributed by atoms with van der Waals surface area (Å²) in [5, 5.41) is 12.5. The Labute approximate surface area is 446 Å². The molecule has 3 fully saturated rings. The second kappa shape index (κ2) is 25.8. The minimum Gasteiger partial charge on any atom is -0.415 e. The van der Waals surface area contributed by atoms with Gasteiger partial charge in [0, 0.05) is 34.2 Å². The van der Waals surface area contributed by atoms with E-state index < -0.39 is 150 Å². The first-order valence-corrected chi connectivity index (χ1v) is 50.0. The maximum absolute atomic E-state index is 13.4. The lowest BCUT2D eigenvalue weighted by Crippen LogP contribution is -2.73. The van der Waals surface area contributed by atoms with Gasteiger partial charge in [0.15, 0.2) is 70.8 Å². The highest BCUT2D eigenvalue weighted by atomic mass is 28.4. The van der Waals surface area contributed by atoms with Crippen LogP contribution in [0.5, 0.6) is 0 Å². The third-order valence-corrected chi connectivity index (χ3v) is 18.0. The highest BCUT2D eigenvalue weighted by Crippen LogP contribution is 2.40. The van der Waals surface area contributed by atoms with Crippen molar-refractivity contribution in [2.24, 2.45) is 0 Å². The Kier molecular flexibility index (Phi) is 23.4. The van der Waals surface area contributed by atoms with Gasteiger partial charge in [-0.15, -0.1) is 0 Å². The SMILES string of the molecule is CC(=O)NC[C@H]1O[C@H](O[C@H]2[C@H](O[Si](C)(C)C)[C@@H](O[C@H]3O[C@H](CO[Si](C)(C)C)[C@@H](O[Si](C)(C)C)[C@H](NC(C)=O)[C@H]3O[Si](C)(C)C)[C@H](NC(C)=O)C[C@@H]2NC(C)=O)[C@H](O[Si](C)(C)C)[C@@H](O[Si](C)(C)C)[C@@H]1O[Si](C)(C)C. The summed E-state index contributed by atoms with van der Waals surface area (Å²) in [6, 6.07) is -2.29. The molecule has 2 aliphatic heterocycles. The molecule has 426 valence electrons. The van der Waals surface area contributed by atoms with Crippen molar-refractivity contribution in [3.63, 3.8) is 0 Å². The van der Waals surface area contributed by atoms with Crippen molar-refractivity contribution in [3.05, 3.63) is 0 Å². The largest absolute Gasteiger partial charge is 0.415 e.